The molecule has 6 nitrogen and oxygen atoms in total. The Bertz CT molecular complexity index is 793. The molecule has 1 heterocycles. The molecule has 7 heteroatoms. The number of benzene rings is 2. The molecule has 0 aromatic heterocycles. The maximum absolute atomic E-state index is 5.86. The van der Waals surface area contributed by atoms with E-state index in [2.05, 4.69) is 15.8 Å². The fraction of sp³-hybridized carbons (Fsp3) is 0.333. The van der Waals surface area contributed by atoms with Crippen molar-refractivity contribution in [2.24, 2.45) is 5.10 Å². The lowest BCUT2D eigenvalue weighted by molar-refractivity contribution is 0.114. The smallest absolute Gasteiger partial charge is 0.187 e. The molecule has 28 heavy (non-hydrogen) atoms. The van der Waals surface area contributed by atoms with Crippen molar-refractivity contribution in [3.63, 3.8) is 0 Å². The van der Waals surface area contributed by atoms with E-state index in [1.807, 2.05) is 48.5 Å². The number of hydrogen-bond acceptors (Lipinski definition) is 5. The summed E-state index contributed by atoms with van der Waals surface area (Å²) >= 11 is 5.22. The second-order valence-electron chi connectivity index (χ2n) is 6.40. The summed E-state index contributed by atoms with van der Waals surface area (Å²) in [5.41, 5.74) is 4.79. The number of ether oxygens (including phenoxy) is 3. The van der Waals surface area contributed by atoms with Crippen LogP contribution in [-0.2, 0) is 11.3 Å². The minimum absolute atomic E-state index is 0.233. The Kier molecular flexibility index (Phi) is 7.63. The highest BCUT2D eigenvalue weighted by atomic mass is 32.1. The third kappa shape index (κ3) is 6.21. The van der Waals surface area contributed by atoms with E-state index in [0.717, 1.165) is 30.6 Å². The molecule has 0 saturated carbocycles. The van der Waals surface area contributed by atoms with Crippen LogP contribution in [0.2, 0.25) is 0 Å². The Morgan fingerprint density at radius 2 is 2.11 bits per heavy atom. The van der Waals surface area contributed by atoms with Crippen molar-refractivity contribution in [1.82, 2.24) is 10.7 Å². The average molecular weight is 400 g/mol. The number of nitrogens with one attached hydrogen (secondary N) is 2. The second kappa shape index (κ2) is 10.6. The molecule has 0 radical (unpaired) electrons. The van der Waals surface area contributed by atoms with Crippen LogP contribution >= 0.6 is 12.2 Å². The van der Waals surface area contributed by atoms with Crippen molar-refractivity contribution in [2.75, 3.05) is 20.3 Å². The Balaban J connectivity index is 1.49. The predicted octanol–water partition coefficient (Wildman–Crippen LogP) is 3.25. The zero-order valence-electron chi connectivity index (χ0n) is 15.9. The van der Waals surface area contributed by atoms with E-state index in [1.165, 1.54) is 0 Å². The first-order valence-corrected chi connectivity index (χ1v) is 9.68. The molecule has 2 aromatic rings. The lowest BCUT2D eigenvalue weighted by Gasteiger charge is -2.12. The summed E-state index contributed by atoms with van der Waals surface area (Å²) in [5, 5.41) is 7.75. The van der Waals surface area contributed by atoms with Gasteiger partial charge in [-0.25, -0.2) is 0 Å². The molecule has 1 fully saturated rings. The summed E-state index contributed by atoms with van der Waals surface area (Å²) < 4.78 is 16.9. The number of rotatable bonds is 8. The summed E-state index contributed by atoms with van der Waals surface area (Å²) in [6.45, 7) is 2.01. The first-order chi connectivity index (χ1) is 13.7. The minimum atomic E-state index is 0.233. The molecule has 0 aliphatic carbocycles. The van der Waals surface area contributed by atoms with Gasteiger partial charge in [-0.2, -0.15) is 5.10 Å². The molecule has 1 aliphatic rings. The van der Waals surface area contributed by atoms with Gasteiger partial charge in [0, 0.05) is 13.2 Å². The number of methoxy groups -OCH3 is 1. The van der Waals surface area contributed by atoms with Crippen LogP contribution in [0.4, 0.5) is 0 Å². The molecule has 0 bridgehead atoms. The highest BCUT2D eigenvalue weighted by molar-refractivity contribution is 7.80. The van der Waals surface area contributed by atoms with Crippen molar-refractivity contribution in [3.8, 4) is 11.5 Å². The van der Waals surface area contributed by atoms with Crippen molar-refractivity contribution in [1.29, 1.82) is 0 Å². The topological polar surface area (TPSA) is 64.1 Å². The van der Waals surface area contributed by atoms with E-state index in [4.69, 9.17) is 26.4 Å². The Labute approximate surface area is 170 Å². The van der Waals surface area contributed by atoms with Gasteiger partial charge in [0.15, 0.2) is 16.6 Å². The van der Waals surface area contributed by atoms with Crippen LogP contribution < -0.4 is 20.2 Å². The van der Waals surface area contributed by atoms with Crippen LogP contribution in [-0.4, -0.2) is 37.7 Å². The molecule has 0 amide bonds. The van der Waals surface area contributed by atoms with Gasteiger partial charge in [-0.1, -0.05) is 30.3 Å². The number of hydrazone groups is 1. The maximum Gasteiger partial charge on any atom is 0.187 e. The molecule has 3 rings (SSSR count). The van der Waals surface area contributed by atoms with Crippen LogP contribution in [0.15, 0.2) is 53.6 Å². The van der Waals surface area contributed by atoms with Crippen LogP contribution in [0.25, 0.3) is 0 Å². The molecule has 1 aliphatic heterocycles. The molecule has 2 aromatic carbocycles. The fourth-order valence-electron chi connectivity index (χ4n) is 2.84. The normalized spacial score (nSPS) is 16.1. The van der Waals surface area contributed by atoms with Gasteiger partial charge in [-0.05, 0) is 54.4 Å². The Morgan fingerprint density at radius 3 is 2.86 bits per heavy atom. The SMILES string of the molecule is COc1cc(/C=N\NC(=S)NC[C@@H]2CCCO2)ccc1OCc1ccccc1. The third-order valence-corrected chi connectivity index (χ3v) is 4.55. The molecular weight excluding hydrogens is 374 g/mol. The zero-order chi connectivity index (χ0) is 19.6. The lowest BCUT2D eigenvalue weighted by atomic mass is 10.2. The fourth-order valence-corrected chi connectivity index (χ4v) is 2.97. The number of nitrogens with zero attached hydrogens (tertiary/aromatic N) is 1. The standard InChI is InChI=1S/C21H25N3O3S/c1-25-20-12-17(9-10-19(20)27-15-16-6-3-2-4-7-16)13-23-24-21(28)22-14-18-8-5-11-26-18/h2-4,6-7,9-10,12-13,18H,5,8,11,14-15H2,1H3,(H2,22,24,28)/b23-13-/t18-/m0/s1. The summed E-state index contributed by atoms with van der Waals surface area (Å²) in [6, 6.07) is 15.7. The molecular formula is C21H25N3O3S. The third-order valence-electron chi connectivity index (χ3n) is 4.32. The van der Waals surface area contributed by atoms with E-state index < -0.39 is 0 Å². The highest BCUT2D eigenvalue weighted by Gasteiger charge is 2.15. The summed E-state index contributed by atoms with van der Waals surface area (Å²) in [6.07, 6.45) is 4.09. The van der Waals surface area contributed by atoms with E-state index in [0.29, 0.717) is 29.8 Å². The molecule has 0 unspecified atom stereocenters. The van der Waals surface area contributed by atoms with Gasteiger partial charge >= 0.3 is 0 Å². The van der Waals surface area contributed by atoms with Crippen molar-refractivity contribution < 1.29 is 14.2 Å². The quantitative estimate of drug-likeness (QED) is 0.404. The molecule has 1 saturated heterocycles. The van der Waals surface area contributed by atoms with Crippen LogP contribution in [0.5, 0.6) is 11.5 Å². The maximum atomic E-state index is 5.86. The van der Waals surface area contributed by atoms with Gasteiger partial charge in [0.1, 0.15) is 6.61 Å². The number of thiocarbonyl (C=S) groups is 1. The van der Waals surface area contributed by atoms with Crippen molar-refractivity contribution in [2.45, 2.75) is 25.6 Å². The van der Waals surface area contributed by atoms with Crippen LogP contribution in [0, 0.1) is 0 Å². The minimum Gasteiger partial charge on any atom is -0.493 e. The second-order valence-corrected chi connectivity index (χ2v) is 6.81. The van der Waals surface area contributed by atoms with Crippen LogP contribution in [0.1, 0.15) is 24.0 Å². The van der Waals surface area contributed by atoms with Crippen LogP contribution in [0.3, 0.4) is 0 Å². The first kappa shape index (κ1) is 20.1. The molecule has 148 valence electrons. The largest absolute Gasteiger partial charge is 0.493 e. The van der Waals surface area contributed by atoms with Crippen molar-refractivity contribution >= 4 is 23.5 Å². The lowest BCUT2D eigenvalue weighted by Crippen LogP contribution is -2.37. The van der Waals surface area contributed by atoms with Gasteiger partial charge in [-0.15, -0.1) is 0 Å². The Morgan fingerprint density at radius 1 is 1.25 bits per heavy atom. The van der Waals surface area contributed by atoms with Gasteiger partial charge < -0.3 is 19.5 Å². The first-order valence-electron chi connectivity index (χ1n) is 9.28. The van der Waals surface area contributed by atoms with Crippen molar-refractivity contribution in [3.05, 3.63) is 59.7 Å². The van der Waals surface area contributed by atoms with E-state index in [1.54, 1.807) is 13.3 Å². The average Bonchev–Trinajstić information content (AvgIpc) is 3.25. The number of hydrogen-bond donors (Lipinski definition) is 2. The molecule has 0 spiro atoms. The van der Waals surface area contributed by atoms with Gasteiger partial charge in [0.05, 0.1) is 19.4 Å². The van der Waals surface area contributed by atoms with Gasteiger partial charge in [0.2, 0.25) is 0 Å². The van der Waals surface area contributed by atoms with Gasteiger partial charge in [0.25, 0.3) is 0 Å². The van der Waals surface area contributed by atoms with Gasteiger partial charge in [-0.3, -0.25) is 5.43 Å². The monoisotopic (exact) mass is 399 g/mol. The predicted molar refractivity (Wildman–Crippen MR) is 114 cm³/mol. The highest BCUT2D eigenvalue weighted by Crippen LogP contribution is 2.28. The van der Waals surface area contributed by atoms with E-state index >= 15 is 0 Å². The molecule has 1 atom stereocenters. The summed E-state index contributed by atoms with van der Waals surface area (Å²) in [4.78, 5) is 0. The summed E-state index contributed by atoms with van der Waals surface area (Å²) in [5.74, 6) is 1.34. The van der Waals surface area contributed by atoms with E-state index in [-0.39, 0.29) is 6.10 Å². The zero-order valence-corrected chi connectivity index (χ0v) is 16.7. The molecule has 2 N–H and O–H groups in total. The Hall–Kier alpha value is -2.64. The van der Waals surface area contributed by atoms with E-state index in [9.17, 15) is 0 Å². The summed E-state index contributed by atoms with van der Waals surface area (Å²) in [7, 11) is 1.62.